The molecule has 2 heterocycles. The number of halogens is 1. The predicted molar refractivity (Wildman–Crippen MR) is 117 cm³/mol. The summed E-state index contributed by atoms with van der Waals surface area (Å²) in [6.07, 6.45) is 1.42. The third-order valence-electron chi connectivity index (χ3n) is 5.07. The van der Waals surface area contributed by atoms with Gasteiger partial charge in [-0.05, 0) is 66.6 Å². The van der Waals surface area contributed by atoms with Crippen molar-refractivity contribution >= 4 is 23.1 Å². The summed E-state index contributed by atoms with van der Waals surface area (Å²) in [5.41, 5.74) is 0.562. The second-order valence-electron chi connectivity index (χ2n) is 7.89. The standard InChI is InChI=1S/C25H22FNO5/c1-15(2)14-32-19-11-5-16(6-12-19)23(28)21-22(20-4-3-13-31-20)27(25(30)24(21)29)18-9-7-17(26)8-10-18/h3-13,15,22,28H,14H2,1-2H3/b23-21-. The number of carbonyl (C=O) groups is 2. The van der Waals surface area contributed by atoms with E-state index in [2.05, 4.69) is 0 Å². The number of benzene rings is 2. The van der Waals surface area contributed by atoms with Crippen LogP contribution in [0.2, 0.25) is 0 Å². The maximum absolute atomic E-state index is 13.4. The second-order valence-corrected chi connectivity index (χ2v) is 7.89. The van der Waals surface area contributed by atoms with Crippen molar-refractivity contribution in [3.63, 3.8) is 0 Å². The Bertz CT molecular complexity index is 1150. The highest BCUT2D eigenvalue weighted by atomic mass is 19.1. The fourth-order valence-electron chi connectivity index (χ4n) is 3.54. The molecule has 1 atom stereocenters. The molecular formula is C25H22FNO5. The molecule has 1 aromatic heterocycles. The molecular weight excluding hydrogens is 413 g/mol. The van der Waals surface area contributed by atoms with Gasteiger partial charge in [-0.3, -0.25) is 14.5 Å². The van der Waals surface area contributed by atoms with Crippen LogP contribution in [0.15, 0.2) is 76.9 Å². The topological polar surface area (TPSA) is 80.0 Å². The van der Waals surface area contributed by atoms with Gasteiger partial charge in [-0.25, -0.2) is 4.39 Å². The summed E-state index contributed by atoms with van der Waals surface area (Å²) in [6, 6.07) is 14.1. The Labute approximate surface area is 184 Å². The predicted octanol–water partition coefficient (Wildman–Crippen LogP) is 5.08. The lowest BCUT2D eigenvalue weighted by atomic mass is 9.99. The third-order valence-corrected chi connectivity index (χ3v) is 5.07. The van der Waals surface area contributed by atoms with Gasteiger partial charge in [-0.1, -0.05) is 13.8 Å². The van der Waals surface area contributed by atoms with Crippen molar-refractivity contribution in [1.29, 1.82) is 0 Å². The van der Waals surface area contributed by atoms with E-state index >= 15 is 0 Å². The third kappa shape index (κ3) is 4.01. The number of hydrogen-bond acceptors (Lipinski definition) is 5. The number of furan rings is 1. The molecule has 0 bridgehead atoms. The van der Waals surface area contributed by atoms with E-state index in [1.165, 1.54) is 35.4 Å². The fourth-order valence-corrected chi connectivity index (χ4v) is 3.54. The van der Waals surface area contributed by atoms with Crippen molar-refractivity contribution in [2.75, 3.05) is 11.5 Å². The van der Waals surface area contributed by atoms with Crippen LogP contribution in [0.25, 0.3) is 5.76 Å². The number of rotatable bonds is 6. The van der Waals surface area contributed by atoms with Crippen molar-refractivity contribution in [2.45, 2.75) is 19.9 Å². The minimum Gasteiger partial charge on any atom is -0.507 e. The van der Waals surface area contributed by atoms with Crippen molar-refractivity contribution in [3.8, 4) is 5.75 Å². The molecule has 3 aromatic rings. The van der Waals surface area contributed by atoms with E-state index in [-0.39, 0.29) is 11.3 Å². The molecule has 2 aromatic carbocycles. The molecule has 7 heteroatoms. The largest absolute Gasteiger partial charge is 0.507 e. The van der Waals surface area contributed by atoms with Crippen molar-refractivity contribution < 1.29 is 28.2 Å². The molecule has 0 saturated carbocycles. The number of aliphatic hydroxyl groups is 1. The van der Waals surface area contributed by atoms with Crippen LogP contribution in [0.1, 0.15) is 31.2 Å². The lowest BCUT2D eigenvalue weighted by molar-refractivity contribution is -0.132. The fraction of sp³-hybridized carbons (Fsp3) is 0.200. The molecule has 0 radical (unpaired) electrons. The van der Waals surface area contributed by atoms with Crippen LogP contribution < -0.4 is 9.64 Å². The first-order valence-electron chi connectivity index (χ1n) is 10.2. The van der Waals surface area contributed by atoms with E-state index in [0.29, 0.717) is 35.3 Å². The van der Waals surface area contributed by atoms with Gasteiger partial charge in [0.05, 0.1) is 18.4 Å². The summed E-state index contributed by atoms with van der Waals surface area (Å²) in [5, 5.41) is 11.0. The van der Waals surface area contributed by atoms with Crippen molar-refractivity contribution in [1.82, 2.24) is 0 Å². The molecule has 1 saturated heterocycles. The molecule has 1 unspecified atom stereocenters. The van der Waals surface area contributed by atoms with Crippen LogP contribution in [0, 0.1) is 11.7 Å². The SMILES string of the molecule is CC(C)COc1ccc(/C(O)=C2/C(=O)C(=O)N(c3ccc(F)cc3)C2c2ccco2)cc1. The van der Waals surface area contributed by atoms with Crippen molar-refractivity contribution in [3.05, 3.63) is 89.6 Å². The van der Waals surface area contributed by atoms with Crippen LogP contribution in [0.5, 0.6) is 5.75 Å². The van der Waals surface area contributed by atoms with Gasteiger partial charge in [-0.2, -0.15) is 0 Å². The summed E-state index contributed by atoms with van der Waals surface area (Å²) >= 11 is 0. The molecule has 1 N–H and O–H groups in total. The Hall–Kier alpha value is -3.87. The second kappa shape index (κ2) is 8.70. The summed E-state index contributed by atoms with van der Waals surface area (Å²) in [5.74, 6) is -1.20. The maximum atomic E-state index is 13.4. The smallest absolute Gasteiger partial charge is 0.300 e. The molecule has 1 aliphatic rings. The quantitative estimate of drug-likeness (QED) is 0.332. The molecule has 6 nitrogen and oxygen atoms in total. The number of Topliss-reactive ketones (excluding diaryl/α,β-unsaturated/α-hetero) is 1. The average Bonchev–Trinajstić information content (AvgIpc) is 3.40. The highest BCUT2D eigenvalue weighted by Gasteiger charge is 2.48. The molecule has 0 aliphatic carbocycles. The first-order valence-corrected chi connectivity index (χ1v) is 10.2. The Morgan fingerprint density at radius 1 is 1.09 bits per heavy atom. The minimum atomic E-state index is -0.993. The lowest BCUT2D eigenvalue weighted by Gasteiger charge is -2.23. The van der Waals surface area contributed by atoms with E-state index in [9.17, 15) is 19.1 Å². The molecule has 32 heavy (non-hydrogen) atoms. The molecule has 4 rings (SSSR count). The first-order chi connectivity index (χ1) is 15.4. The van der Waals surface area contributed by atoms with Crippen molar-refractivity contribution in [2.24, 2.45) is 5.92 Å². The van der Waals surface area contributed by atoms with Crippen LogP contribution in [0.3, 0.4) is 0 Å². The summed E-state index contributed by atoms with van der Waals surface area (Å²) in [6.45, 7) is 4.62. The highest BCUT2D eigenvalue weighted by molar-refractivity contribution is 6.51. The number of aliphatic hydroxyl groups excluding tert-OH is 1. The summed E-state index contributed by atoms with van der Waals surface area (Å²) in [7, 11) is 0. The van der Waals surface area contributed by atoms with Gasteiger partial charge in [-0.15, -0.1) is 0 Å². The highest BCUT2D eigenvalue weighted by Crippen LogP contribution is 2.42. The van der Waals surface area contributed by atoms with E-state index in [1.807, 2.05) is 13.8 Å². The first kappa shape index (κ1) is 21.4. The van der Waals surface area contributed by atoms with Gasteiger partial charge < -0.3 is 14.3 Å². The number of amides is 1. The number of carbonyl (C=O) groups excluding carboxylic acids is 2. The molecule has 0 spiro atoms. The zero-order valence-corrected chi connectivity index (χ0v) is 17.6. The number of nitrogens with zero attached hydrogens (tertiary/aromatic N) is 1. The van der Waals surface area contributed by atoms with E-state index in [4.69, 9.17) is 9.15 Å². The molecule has 1 amide bonds. The Morgan fingerprint density at radius 3 is 2.38 bits per heavy atom. The zero-order chi connectivity index (χ0) is 22.8. The van der Waals surface area contributed by atoms with Crippen LogP contribution in [-0.4, -0.2) is 23.4 Å². The van der Waals surface area contributed by atoms with Gasteiger partial charge in [0.2, 0.25) is 0 Å². The molecule has 164 valence electrons. The average molecular weight is 435 g/mol. The normalized spacial score (nSPS) is 17.9. The Balaban J connectivity index is 1.77. The number of anilines is 1. The van der Waals surface area contributed by atoms with E-state index < -0.39 is 23.5 Å². The minimum absolute atomic E-state index is 0.106. The van der Waals surface area contributed by atoms with Crippen LogP contribution in [0.4, 0.5) is 10.1 Å². The maximum Gasteiger partial charge on any atom is 0.300 e. The lowest BCUT2D eigenvalue weighted by Crippen LogP contribution is -2.29. The summed E-state index contributed by atoms with van der Waals surface area (Å²) in [4.78, 5) is 27.1. The van der Waals surface area contributed by atoms with Crippen LogP contribution in [-0.2, 0) is 9.59 Å². The van der Waals surface area contributed by atoms with Gasteiger partial charge in [0.15, 0.2) is 0 Å². The van der Waals surface area contributed by atoms with Crippen LogP contribution >= 0.6 is 0 Å². The Kier molecular flexibility index (Phi) is 5.81. The van der Waals surface area contributed by atoms with Gasteiger partial charge in [0.25, 0.3) is 11.7 Å². The summed E-state index contributed by atoms with van der Waals surface area (Å²) < 4.78 is 24.6. The number of ketones is 1. The Morgan fingerprint density at radius 2 is 1.78 bits per heavy atom. The van der Waals surface area contributed by atoms with Gasteiger partial charge in [0, 0.05) is 11.3 Å². The zero-order valence-electron chi connectivity index (χ0n) is 17.6. The molecule has 1 fully saturated rings. The molecule has 1 aliphatic heterocycles. The monoisotopic (exact) mass is 435 g/mol. The van der Waals surface area contributed by atoms with Gasteiger partial charge >= 0.3 is 0 Å². The van der Waals surface area contributed by atoms with E-state index in [0.717, 1.165) is 0 Å². The number of hydrogen-bond donors (Lipinski definition) is 1. The number of ether oxygens (including phenoxy) is 1. The van der Waals surface area contributed by atoms with Gasteiger partial charge in [0.1, 0.15) is 29.1 Å². The van der Waals surface area contributed by atoms with E-state index in [1.54, 1.807) is 36.4 Å².